The highest BCUT2D eigenvalue weighted by atomic mass is 16.3. The number of benzene rings is 2. The Kier molecular flexibility index (Phi) is 4.91. The van der Waals surface area contributed by atoms with Gasteiger partial charge in [0.15, 0.2) is 0 Å². The first-order valence-electron chi connectivity index (χ1n) is 7.40. The molecule has 0 aliphatic carbocycles. The maximum atomic E-state index is 12.1. The zero-order valence-corrected chi connectivity index (χ0v) is 13.9. The third-order valence-electron chi connectivity index (χ3n) is 3.21. The smallest absolute Gasteiger partial charge is 0.216 e. The zero-order valence-electron chi connectivity index (χ0n) is 13.9. The lowest BCUT2D eigenvalue weighted by Crippen LogP contribution is -2.39. The van der Waals surface area contributed by atoms with Gasteiger partial charge in [-0.25, -0.2) is 0 Å². The molecule has 0 fully saturated rings. The summed E-state index contributed by atoms with van der Waals surface area (Å²) >= 11 is 0. The fourth-order valence-corrected chi connectivity index (χ4v) is 2.06. The van der Waals surface area contributed by atoms with Crippen LogP contribution in [0.2, 0.25) is 0 Å². The van der Waals surface area contributed by atoms with Crippen LogP contribution in [0.15, 0.2) is 52.7 Å². The van der Waals surface area contributed by atoms with Gasteiger partial charge in [-0.1, -0.05) is 6.07 Å². The van der Waals surface area contributed by atoms with Crippen molar-refractivity contribution in [2.75, 3.05) is 27.7 Å². The average molecular weight is 312 g/mol. The van der Waals surface area contributed by atoms with Gasteiger partial charge in [0, 0.05) is 5.56 Å². The second kappa shape index (κ2) is 6.71. The van der Waals surface area contributed by atoms with E-state index in [1.807, 2.05) is 34.1 Å². The molecule has 0 saturated heterocycles. The van der Waals surface area contributed by atoms with E-state index in [1.54, 1.807) is 36.4 Å². The average Bonchev–Trinajstić information content (AvgIpc) is 2.47. The molecule has 0 radical (unpaired) electrons. The molecule has 0 unspecified atom stereocenters. The van der Waals surface area contributed by atoms with Crippen LogP contribution in [0, 0.1) is 6.92 Å². The Morgan fingerprint density at radius 3 is 2.30 bits per heavy atom. The van der Waals surface area contributed by atoms with Crippen LogP contribution in [-0.2, 0) is 0 Å². The maximum absolute atomic E-state index is 12.1. The lowest BCUT2D eigenvalue weighted by Gasteiger charge is -2.22. The highest BCUT2D eigenvalue weighted by Crippen LogP contribution is 2.28. The van der Waals surface area contributed by atoms with E-state index < -0.39 is 0 Å². The molecule has 2 aromatic carbocycles. The number of aryl methyl sites for hydroxylation is 1. The summed E-state index contributed by atoms with van der Waals surface area (Å²) in [6, 6.07) is 12.2. The van der Waals surface area contributed by atoms with Crippen LogP contribution in [0.25, 0.3) is 0 Å². The molecule has 0 aromatic heterocycles. The minimum atomic E-state index is 0.0918. The highest BCUT2D eigenvalue weighted by Gasteiger charge is 2.15. The molecular formula is C18H22N3O2+. The Bertz CT molecular complexity index is 729. The summed E-state index contributed by atoms with van der Waals surface area (Å²) in [5.41, 5.74) is 2.72. The van der Waals surface area contributed by atoms with Crippen LogP contribution in [0.3, 0.4) is 0 Å². The number of carbonyl (C=O) groups is 1. The normalized spacial score (nSPS) is 11.8. The molecule has 0 spiro atoms. The molecule has 23 heavy (non-hydrogen) atoms. The van der Waals surface area contributed by atoms with Crippen LogP contribution < -0.4 is 0 Å². The van der Waals surface area contributed by atoms with E-state index >= 15 is 0 Å². The second-order valence-electron chi connectivity index (χ2n) is 6.61. The SMILES string of the molecule is Cc1ccc(O)c(N=Nc2ccc(C(=O)C[N+](C)(C)C)cc2)c1. The number of Topliss-reactive ketones (excluding diaryl/α,β-unsaturated/α-hetero) is 1. The van der Waals surface area contributed by atoms with Crippen LogP contribution >= 0.6 is 0 Å². The summed E-state index contributed by atoms with van der Waals surface area (Å²) in [6.45, 7) is 2.37. The number of nitrogens with zero attached hydrogens (tertiary/aromatic N) is 3. The number of azo groups is 1. The van der Waals surface area contributed by atoms with E-state index in [0.29, 0.717) is 28.0 Å². The number of ketones is 1. The standard InChI is InChI=1S/C18H21N3O2/c1-13-5-10-17(22)16(11-13)20-19-15-8-6-14(7-9-15)18(23)12-21(2,3)4/h5-11H,12H2,1-4H3/p+1. The van der Waals surface area contributed by atoms with E-state index in [2.05, 4.69) is 10.2 Å². The molecule has 5 nitrogen and oxygen atoms in total. The van der Waals surface area contributed by atoms with Gasteiger partial charge in [0.2, 0.25) is 5.78 Å². The lowest BCUT2D eigenvalue weighted by atomic mass is 10.1. The Morgan fingerprint density at radius 2 is 1.70 bits per heavy atom. The molecule has 0 bridgehead atoms. The number of phenols is 1. The summed E-state index contributed by atoms with van der Waals surface area (Å²) < 4.78 is 0.590. The van der Waals surface area contributed by atoms with E-state index in [4.69, 9.17) is 0 Å². The number of carbonyl (C=O) groups excluding carboxylic acids is 1. The van der Waals surface area contributed by atoms with Gasteiger partial charge in [0.1, 0.15) is 18.0 Å². The number of likely N-dealkylation sites (N-methyl/N-ethyl adjacent to an activating group) is 1. The van der Waals surface area contributed by atoms with Crippen LogP contribution in [0.4, 0.5) is 11.4 Å². The summed E-state index contributed by atoms with van der Waals surface area (Å²) in [6.07, 6.45) is 0. The van der Waals surface area contributed by atoms with Crippen molar-refractivity contribution in [3.8, 4) is 5.75 Å². The summed E-state index contributed by atoms with van der Waals surface area (Å²) in [4.78, 5) is 12.1. The number of hydrogen-bond donors (Lipinski definition) is 1. The molecule has 2 rings (SSSR count). The van der Waals surface area contributed by atoms with Crippen LogP contribution in [0.5, 0.6) is 5.75 Å². The Morgan fingerprint density at radius 1 is 1.04 bits per heavy atom. The first-order chi connectivity index (χ1) is 10.7. The zero-order chi connectivity index (χ0) is 17.0. The lowest BCUT2D eigenvalue weighted by molar-refractivity contribution is -0.861. The Balaban J connectivity index is 2.12. The van der Waals surface area contributed by atoms with Crippen molar-refractivity contribution >= 4 is 17.2 Å². The van der Waals surface area contributed by atoms with Crippen molar-refractivity contribution in [3.63, 3.8) is 0 Å². The van der Waals surface area contributed by atoms with Gasteiger partial charge in [-0.3, -0.25) is 4.79 Å². The van der Waals surface area contributed by atoms with Gasteiger partial charge in [0.25, 0.3) is 0 Å². The number of aromatic hydroxyl groups is 1. The van der Waals surface area contributed by atoms with Gasteiger partial charge in [-0.2, -0.15) is 5.11 Å². The third kappa shape index (κ3) is 5.00. The predicted molar refractivity (Wildman–Crippen MR) is 90.7 cm³/mol. The van der Waals surface area contributed by atoms with Gasteiger partial charge >= 0.3 is 0 Å². The molecule has 5 heteroatoms. The quantitative estimate of drug-likeness (QED) is 0.515. The fraction of sp³-hybridized carbons (Fsp3) is 0.278. The fourth-order valence-electron chi connectivity index (χ4n) is 2.06. The first kappa shape index (κ1) is 16.8. The predicted octanol–water partition coefficient (Wildman–Crippen LogP) is 4.00. The van der Waals surface area contributed by atoms with Crippen molar-refractivity contribution < 1.29 is 14.4 Å². The van der Waals surface area contributed by atoms with Crippen molar-refractivity contribution in [1.29, 1.82) is 0 Å². The second-order valence-corrected chi connectivity index (χ2v) is 6.61. The summed E-state index contributed by atoms with van der Waals surface area (Å²) in [5, 5.41) is 17.9. The van der Waals surface area contributed by atoms with E-state index in [1.165, 1.54) is 0 Å². The number of rotatable bonds is 5. The van der Waals surface area contributed by atoms with Crippen molar-refractivity contribution in [2.45, 2.75) is 6.92 Å². The molecule has 120 valence electrons. The maximum Gasteiger partial charge on any atom is 0.216 e. The van der Waals surface area contributed by atoms with E-state index in [0.717, 1.165) is 5.56 Å². The van der Waals surface area contributed by atoms with Gasteiger partial charge < -0.3 is 9.59 Å². The number of phenolic OH excluding ortho intramolecular Hbond substituents is 1. The third-order valence-corrected chi connectivity index (χ3v) is 3.21. The molecule has 0 atom stereocenters. The first-order valence-corrected chi connectivity index (χ1v) is 7.40. The van der Waals surface area contributed by atoms with Crippen LogP contribution in [-0.4, -0.2) is 43.1 Å². The molecule has 2 aromatic rings. The summed E-state index contributed by atoms with van der Waals surface area (Å²) in [5.74, 6) is 0.186. The molecule has 0 aliphatic rings. The minimum absolute atomic E-state index is 0.0918. The number of quaternary nitrogens is 1. The molecule has 0 amide bonds. The minimum Gasteiger partial charge on any atom is -0.506 e. The topological polar surface area (TPSA) is 62.0 Å². The molecule has 0 aliphatic heterocycles. The highest BCUT2D eigenvalue weighted by molar-refractivity contribution is 5.97. The van der Waals surface area contributed by atoms with Gasteiger partial charge in [-0.05, 0) is 48.9 Å². The van der Waals surface area contributed by atoms with Crippen LogP contribution in [0.1, 0.15) is 15.9 Å². The van der Waals surface area contributed by atoms with E-state index in [-0.39, 0.29) is 11.5 Å². The number of hydrogen-bond acceptors (Lipinski definition) is 4. The van der Waals surface area contributed by atoms with Crippen molar-refractivity contribution in [1.82, 2.24) is 0 Å². The Hall–Kier alpha value is -2.53. The summed E-state index contributed by atoms with van der Waals surface area (Å²) in [7, 11) is 5.94. The molecular weight excluding hydrogens is 290 g/mol. The largest absolute Gasteiger partial charge is 0.506 e. The van der Waals surface area contributed by atoms with Gasteiger partial charge in [-0.15, -0.1) is 5.11 Å². The Labute approximate surface area is 136 Å². The molecule has 1 N–H and O–H groups in total. The van der Waals surface area contributed by atoms with E-state index in [9.17, 15) is 9.90 Å². The van der Waals surface area contributed by atoms with Crippen molar-refractivity contribution in [3.05, 3.63) is 53.6 Å². The van der Waals surface area contributed by atoms with Gasteiger partial charge in [0.05, 0.1) is 26.8 Å². The monoisotopic (exact) mass is 312 g/mol. The van der Waals surface area contributed by atoms with Crippen molar-refractivity contribution in [2.24, 2.45) is 10.2 Å². The molecule has 0 heterocycles. The molecule has 0 saturated carbocycles.